The second-order valence-corrected chi connectivity index (χ2v) is 5.54. The smallest absolute Gasteiger partial charge is 0.0802 e. The minimum atomic E-state index is -0.365. The third-order valence-corrected chi connectivity index (χ3v) is 3.64. The van der Waals surface area contributed by atoms with Crippen molar-refractivity contribution in [3.05, 3.63) is 35.9 Å². The van der Waals surface area contributed by atoms with E-state index in [1.54, 1.807) is 0 Å². The topological polar surface area (TPSA) is 32.7 Å². The second-order valence-electron chi connectivity index (χ2n) is 5.54. The number of benzene rings is 1. The molecule has 1 aliphatic rings. The molecule has 1 aromatic carbocycles. The van der Waals surface area contributed by atoms with Gasteiger partial charge in [-0.15, -0.1) is 0 Å². The van der Waals surface area contributed by atoms with Crippen LogP contribution in [-0.4, -0.2) is 43.4 Å². The Kier molecular flexibility index (Phi) is 5.83. The highest BCUT2D eigenvalue weighted by molar-refractivity contribution is 5.17. The van der Waals surface area contributed by atoms with Gasteiger partial charge in [-0.25, -0.2) is 0 Å². The van der Waals surface area contributed by atoms with Gasteiger partial charge < -0.3 is 14.7 Å². The molecule has 0 radical (unpaired) electrons. The van der Waals surface area contributed by atoms with Crippen molar-refractivity contribution >= 4 is 0 Å². The predicted octanol–water partition coefficient (Wildman–Crippen LogP) is 2.47. The molecule has 0 bridgehead atoms. The summed E-state index contributed by atoms with van der Waals surface area (Å²) < 4.78 is 5.62. The van der Waals surface area contributed by atoms with Crippen LogP contribution >= 0.6 is 0 Å². The summed E-state index contributed by atoms with van der Waals surface area (Å²) in [5, 5.41) is 10.1. The number of aliphatic hydroxyl groups is 1. The predicted molar refractivity (Wildman–Crippen MR) is 77.1 cm³/mol. The zero-order valence-electron chi connectivity index (χ0n) is 11.8. The van der Waals surface area contributed by atoms with Gasteiger partial charge in [0, 0.05) is 19.7 Å². The minimum absolute atomic E-state index is 0.365. The molecule has 1 fully saturated rings. The molecule has 1 aliphatic carbocycles. The molecule has 3 nitrogen and oxygen atoms in total. The molecule has 1 saturated carbocycles. The molecule has 1 aromatic rings. The summed E-state index contributed by atoms with van der Waals surface area (Å²) in [6.45, 7) is 3.56. The Morgan fingerprint density at radius 3 is 2.68 bits per heavy atom. The first-order valence-corrected chi connectivity index (χ1v) is 7.25. The first kappa shape index (κ1) is 14.5. The lowest BCUT2D eigenvalue weighted by Crippen LogP contribution is -2.25. The van der Waals surface area contributed by atoms with Crippen molar-refractivity contribution in [2.24, 2.45) is 5.92 Å². The van der Waals surface area contributed by atoms with Crippen molar-refractivity contribution in [3.63, 3.8) is 0 Å². The van der Waals surface area contributed by atoms with Gasteiger partial charge in [-0.1, -0.05) is 30.3 Å². The van der Waals surface area contributed by atoms with E-state index in [0.717, 1.165) is 44.2 Å². The van der Waals surface area contributed by atoms with Crippen molar-refractivity contribution in [3.8, 4) is 0 Å². The summed E-state index contributed by atoms with van der Waals surface area (Å²) in [5.41, 5.74) is 1.00. The van der Waals surface area contributed by atoms with E-state index in [1.807, 2.05) is 30.3 Å². The van der Waals surface area contributed by atoms with Crippen molar-refractivity contribution in [1.29, 1.82) is 0 Å². The lowest BCUT2D eigenvalue weighted by atomic mass is 10.1. The van der Waals surface area contributed by atoms with E-state index >= 15 is 0 Å². The number of aliphatic hydroxyl groups excluding tert-OH is 1. The van der Waals surface area contributed by atoms with Crippen molar-refractivity contribution < 1.29 is 9.84 Å². The Morgan fingerprint density at radius 2 is 2.00 bits per heavy atom. The van der Waals surface area contributed by atoms with Crippen LogP contribution in [0.1, 0.15) is 30.9 Å². The fourth-order valence-corrected chi connectivity index (χ4v) is 2.05. The molecule has 1 unspecified atom stereocenters. The first-order valence-electron chi connectivity index (χ1n) is 7.25. The molecule has 0 saturated heterocycles. The maximum atomic E-state index is 10.1. The van der Waals surface area contributed by atoms with Crippen molar-refractivity contribution in [1.82, 2.24) is 4.90 Å². The van der Waals surface area contributed by atoms with Crippen LogP contribution in [0, 0.1) is 5.92 Å². The van der Waals surface area contributed by atoms with Crippen molar-refractivity contribution in [2.75, 3.05) is 33.4 Å². The van der Waals surface area contributed by atoms with E-state index in [0.29, 0.717) is 0 Å². The number of nitrogens with zero attached hydrogens (tertiary/aromatic N) is 1. The van der Waals surface area contributed by atoms with Gasteiger partial charge in [-0.2, -0.15) is 0 Å². The van der Waals surface area contributed by atoms with Gasteiger partial charge >= 0.3 is 0 Å². The SMILES string of the molecule is CN(CCOCC1CC1)CCC(O)c1ccccc1. The van der Waals surface area contributed by atoms with Gasteiger partial charge in [0.1, 0.15) is 0 Å². The monoisotopic (exact) mass is 263 g/mol. The van der Waals surface area contributed by atoms with Gasteiger partial charge in [-0.05, 0) is 37.8 Å². The summed E-state index contributed by atoms with van der Waals surface area (Å²) in [5.74, 6) is 0.838. The number of hydrogen-bond acceptors (Lipinski definition) is 3. The molecule has 1 atom stereocenters. The van der Waals surface area contributed by atoms with Crippen LogP contribution < -0.4 is 0 Å². The largest absolute Gasteiger partial charge is 0.388 e. The lowest BCUT2D eigenvalue weighted by molar-refractivity contribution is 0.0948. The number of hydrogen-bond donors (Lipinski definition) is 1. The number of likely N-dealkylation sites (N-methyl/N-ethyl adjacent to an activating group) is 1. The lowest BCUT2D eigenvalue weighted by Gasteiger charge is -2.19. The fourth-order valence-electron chi connectivity index (χ4n) is 2.05. The van der Waals surface area contributed by atoms with E-state index in [4.69, 9.17) is 4.74 Å². The Balaban J connectivity index is 1.55. The zero-order chi connectivity index (χ0) is 13.5. The molecular formula is C16H25NO2. The fraction of sp³-hybridized carbons (Fsp3) is 0.625. The molecule has 0 spiro atoms. The molecule has 0 amide bonds. The molecule has 0 aromatic heterocycles. The molecule has 1 N–H and O–H groups in total. The highest BCUT2D eigenvalue weighted by Crippen LogP contribution is 2.28. The average molecular weight is 263 g/mol. The van der Waals surface area contributed by atoms with Crippen molar-refractivity contribution in [2.45, 2.75) is 25.4 Å². The van der Waals surface area contributed by atoms with Gasteiger partial charge in [0.05, 0.1) is 12.7 Å². The molecule has 0 heterocycles. The summed E-state index contributed by atoms with van der Waals surface area (Å²) in [4.78, 5) is 2.22. The minimum Gasteiger partial charge on any atom is -0.388 e. The van der Waals surface area contributed by atoms with E-state index in [9.17, 15) is 5.11 Å². The van der Waals surface area contributed by atoms with Gasteiger partial charge in [0.2, 0.25) is 0 Å². The first-order chi connectivity index (χ1) is 9.25. The molecule has 2 rings (SSSR count). The summed E-state index contributed by atoms with van der Waals surface area (Å²) in [6.07, 6.45) is 3.09. The molecule has 3 heteroatoms. The molecule has 106 valence electrons. The number of rotatable bonds is 9. The third-order valence-electron chi connectivity index (χ3n) is 3.64. The van der Waals surface area contributed by atoms with Gasteiger partial charge in [-0.3, -0.25) is 0 Å². The summed E-state index contributed by atoms with van der Waals surface area (Å²) >= 11 is 0. The van der Waals surface area contributed by atoms with E-state index in [-0.39, 0.29) is 6.10 Å². The highest BCUT2D eigenvalue weighted by atomic mass is 16.5. The maximum Gasteiger partial charge on any atom is 0.0802 e. The normalized spacial score (nSPS) is 16.8. The highest BCUT2D eigenvalue weighted by Gasteiger charge is 2.20. The third kappa shape index (κ3) is 5.72. The van der Waals surface area contributed by atoms with Crippen LogP contribution in [-0.2, 0) is 4.74 Å². The quantitative estimate of drug-likeness (QED) is 0.695. The Hall–Kier alpha value is -0.900. The zero-order valence-corrected chi connectivity index (χ0v) is 11.8. The van der Waals surface area contributed by atoms with E-state index < -0.39 is 0 Å². The molecule has 19 heavy (non-hydrogen) atoms. The maximum absolute atomic E-state index is 10.1. The second kappa shape index (κ2) is 7.63. The Labute approximate surface area is 116 Å². The van der Waals surface area contributed by atoms with Gasteiger partial charge in [0.15, 0.2) is 0 Å². The average Bonchev–Trinajstić information content (AvgIpc) is 3.26. The van der Waals surface area contributed by atoms with Crippen LogP contribution in [0.3, 0.4) is 0 Å². The number of ether oxygens (including phenoxy) is 1. The van der Waals surface area contributed by atoms with E-state index in [1.165, 1.54) is 12.8 Å². The summed E-state index contributed by atoms with van der Waals surface area (Å²) in [7, 11) is 2.08. The molecular weight excluding hydrogens is 238 g/mol. The van der Waals surface area contributed by atoms with Crippen LogP contribution in [0.5, 0.6) is 0 Å². The van der Waals surface area contributed by atoms with Crippen LogP contribution in [0.4, 0.5) is 0 Å². The standard InChI is InChI=1S/C16H25NO2/c1-17(11-12-19-13-14-7-8-14)10-9-16(18)15-5-3-2-4-6-15/h2-6,14,16,18H,7-13H2,1H3. The van der Waals surface area contributed by atoms with Crippen LogP contribution in [0.15, 0.2) is 30.3 Å². The van der Waals surface area contributed by atoms with Crippen LogP contribution in [0.25, 0.3) is 0 Å². The van der Waals surface area contributed by atoms with Gasteiger partial charge in [0.25, 0.3) is 0 Å². The van der Waals surface area contributed by atoms with Crippen LogP contribution in [0.2, 0.25) is 0 Å². The summed E-state index contributed by atoms with van der Waals surface area (Å²) in [6, 6.07) is 9.86. The Morgan fingerprint density at radius 1 is 1.26 bits per heavy atom. The van der Waals surface area contributed by atoms with E-state index in [2.05, 4.69) is 11.9 Å². The Bertz CT molecular complexity index is 351. The molecule has 0 aliphatic heterocycles.